The van der Waals surface area contributed by atoms with E-state index in [2.05, 4.69) is 10.6 Å². The van der Waals surface area contributed by atoms with Gasteiger partial charge in [-0.1, -0.05) is 29.8 Å². The molecule has 1 heterocycles. The Morgan fingerprint density at radius 3 is 2.38 bits per heavy atom. The molecular formula is C16H25Cl2F2N3O. The van der Waals surface area contributed by atoms with E-state index in [4.69, 9.17) is 0 Å². The molecule has 2 N–H and O–H groups in total. The topological polar surface area (TPSA) is 44.4 Å². The predicted octanol–water partition coefficient (Wildman–Crippen LogP) is 2.55. The number of alkyl halides is 2. The minimum atomic E-state index is -2.79. The Bertz CT molecular complexity index is 527. The van der Waals surface area contributed by atoms with E-state index in [0.717, 1.165) is 5.56 Å². The summed E-state index contributed by atoms with van der Waals surface area (Å²) >= 11 is 0. The first kappa shape index (κ1) is 23.1. The molecule has 0 aromatic heterocycles. The van der Waals surface area contributed by atoms with Gasteiger partial charge >= 0.3 is 0 Å². The average molecular weight is 384 g/mol. The lowest BCUT2D eigenvalue weighted by Crippen LogP contribution is -2.43. The van der Waals surface area contributed by atoms with Crippen LogP contribution in [0, 0.1) is 6.92 Å². The molecule has 1 aromatic carbocycles. The zero-order valence-electron chi connectivity index (χ0n) is 14.0. The van der Waals surface area contributed by atoms with E-state index in [-0.39, 0.29) is 36.8 Å². The van der Waals surface area contributed by atoms with E-state index < -0.39 is 24.9 Å². The van der Waals surface area contributed by atoms with Crippen LogP contribution in [0.2, 0.25) is 0 Å². The van der Waals surface area contributed by atoms with Crippen LogP contribution in [0.1, 0.15) is 23.6 Å². The first-order valence-electron chi connectivity index (χ1n) is 7.40. The lowest BCUT2D eigenvalue weighted by Gasteiger charge is -2.26. The Kier molecular flexibility index (Phi) is 9.14. The van der Waals surface area contributed by atoms with Crippen LogP contribution in [-0.2, 0) is 4.79 Å². The number of nitrogens with one attached hydrogen (secondary N) is 2. The smallest absolute Gasteiger partial charge is 0.262 e. The summed E-state index contributed by atoms with van der Waals surface area (Å²) in [7, 11) is 3.86. The normalized spacial score (nSPS) is 20.0. The van der Waals surface area contributed by atoms with E-state index in [1.807, 2.05) is 50.2 Å². The van der Waals surface area contributed by atoms with Gasteiger partial charge in [0.2, 0.25) is 5.91 Å². The number of carbonyl (C=O) groups excluding carboxylic acids is 1. The first-order chi connectivity index (χ1) is 10.3. The summed E-state index contributed by atoms with van der Waals surface area (Å²) in [4.78, 5) is 14.0. The second-order valence-electron chi connectivity index (χ2n) is 6.13. The molecule has 0 aliphatic carbocycles. The number of halogens is 4. The van der Waals surface area contributed by atoms with Crippen molar-refractivity contribution in [3.8, 4) is 0 Å². The van der Waals surface area contributed by atoms with Crippen LogP contribution >= 0.6 is 24.8 Å². The summed E-state index contributed by atoms with van der Waals surface area (Å²) in [5.74, 6) is -3.16. The molecule has 1 saturated heterocycles. The molecule has 138 valence electrons. The fourth-order valence-corrected chi connectivity index (χ4v) is 2.61. The van der Waals surface area contributed by atoms with E-state index in [9.17, 15) is 13.6 Å². The fourth-order valence-electron chi connectivity index (χ4n) is 2.61. The van der Waals surface area contributed by atoms with E-state index in [1.54, 1.807) is 0 Å². The van der Waals surface area contributed by atoms with Crippen molar-refractivity contribution in [2.24, 2.45) is 0 Å². The van der Waals surface area contributed by atoms with Crippen LogP contribution in [0.3, 0.4) is 0 Å². The van der Waals surface area contributed by atoms with Crippen molar-refractivity contribution >= 4 is 30.7 Å². The number of nitrogens with zero attached hydrogens (tertiary/aromatic N) is 1. The number of aryl methyl sites for hydroxylation is 1. The highest BCUT2D eigenvalue weighted by Crippen LogP contribution is 2.25. The third kappa shape index (κ3) is 6.16. The van der Waals surface area contributed by atoms with E-state index in [0.29, 0.717) is 6.54 Å². The minimum Gasteiger partial charge on any atom is -0.353 e. The van der Waals surface area contributed by atoms with Gasteiger partial charge in [-0.2, -0.15) is 0 Å². The predicted molar refractivity (Wildman–Crippen MR) is 96.5 cm³/mol. The Labute approximate surface area is 154 Å². The number of carbonyl (C=O) groups is 1. The fraction of sp³-hybridized carbons (Fsp3) is 0.562. The molecule has 0 saturated carbocycles. The number of amides is 1. The van der Waals surface area contributed by atoms with Crippen LogP contribution in [0.4, 0.5) is 8.78 Å². The number of benzene rings is 1. The molecule has 0 spiro atoms. The Balaban J connectivity index is 0.00000264. The van der Waals surface area contributed by atoms with Crippen LogP contribution < -0.4 is 10.6 Å². The largest absolute Gasteiger partial charge is 0.353 e. The summed E-state index contributed by atoms with van der Waals surface area (Å²) < 4.78 is 26.3. The maximum Gasteiger partial charge on any atom is 0.262 e. The monoisotopic (exact) mass is 383 g/mol. The highest BCUT2D eigenvalue weighted by molar-refractivity contribution is 5.85. The second kappa shape index (κ2) is 9.51. The molecule has 8 heteroatoms. The highest BCUT2D eigenvalue weighted by Gasteiger charge is 2.42. The zero-order valence-corrected chi connectivity index (χ0v) is 15.6. The van der Waals surface area contributed by atoms with Gasteiger partial charge in [0.25, 0.3) is 5.92 Å². The van der Waals surface area contributed by atoms with Gasteiger partial charge < -0.3 is 10.2 Å². The lowest BCUT2D eigenvalue weighted by molar-refractivity contribution is -0.123. The van der Waals surface area contributed by atoms with Gasteiger partial charge in [0, 0.05) is 13.0 Å². The summed E-state index contributed by atoms with van der Waals surface area (Å²) in [5.41, 5.74) is 2.25. The molecule has 24 heavy (non-hydrogen) atoms. The molecule has 1 aliphatic heterocycles. The molecule has 2 unspecified atom stereocenters. The number of likely N-dealkylation sites (N-methyl/N-ethyl adjacent to an activating group) is 1. The maximum absolute atomic E-state index is 13.1. The van der Waals surface area contributed by atoms with Gasteiger partial charge in [-0.15, -0.1) is 24.8 Å². The van der Waals surface area contributed by atoms with Crippen molar-refractivity contribution in [2.45, 2.75) is 31.4 Å². The standard InChI is InChI=1S/C16H23F2N3O.2ClH/c1-11-4-6-12(7-5-11)14(21(2)3)9-19-15(22)13-8-16(17,18)10-20-13;;/h4-7,13-14,20H,8-10H2,1-3H3,(H,19,22);2*1H. The maximum atomic E-state index is 13.1. The molecule has 0 radical (unpaired) electrons. The number of hydrogen-bond acceptors (Lipinski definition) is 3. The molecule has 1 fully saturated rings. The van der Waals surface area contributed by atoms with E-state index in [1.165, 1.54) is 5.56 Å². The van der Waals surface area contributed by atoms with Gasteiger partial charge in [-0.05, 0) is 26.6 Å². The van der Waals surface area contributed by atoms with Gasteiger partial charge in [0.1, 0.15) is 0 Å². The molecule has 4 nitrogen and oxygen atoms in total. The summed E-state index contributed by atoms with van der Waals surface area (Å²) in [6.45, 7) is 1.97. The zero-order chi connectivity index (χ0) is 16.3. The third-order valence-corrected chi connectivity index (χ3v) is 3.98. The van der Waals surface area contributed by atoms with Crippen molar-refractivity contribution in [3.63, 3.8) is 0 Å². The van der Waals surface area contributed by atoms with Crippen molar-refractivity contribution in [1.82, 2.24) is 15.5 Å². The van der Waals surface area contributed by atoms with Crippen LogP contribution in [0.5, 0.6) is 0 Å². The Hall–Kier alpha value is -0.950. The molecule has 1 aliphatic rings. The summed E-state index contributed by atoms with van der Waals surface area (Å²) in [6.07, 6.45) is -0.435. The molecule has 1 amide bonds. The highest BCUT2D eigenvalue weighted by atomic mass is 35.5. The van der Waals surface area contributed by atoms with Crippen molar-refractivity contribution in [1.29, 1.82) is 0 Å². The molecule has 2 atom stereocenters. The van der Waals surface area contributed by atoms with E-state index >= 15 is 0 Å². The first-order valence-corrected chi connectivity index (χ1v) is 7.40. The van der Waals surface area contributed by atoms with Crippen molar-refractivity contribution < 1.29 is 13.6 Å². The number of rotatable bonds is 5. The van der Waals surface area contributed by atoms with Crippen LogP contribution in [-0.4, -0.2) is 50.0 Å². The van der Waals surface area contributed by atoms with Gasteiger partial charge in [-0.3, -0.25) is 10.1 Å². The second-order valence-corrected chi connectivity index (χ2v) is 6.13. The summed E-state index contributed by atoms with van der Waals surface area (Å²) in [5, 5.41) is 5.35. The molecular weight excluding hydrogens is 359 g/mol. The van der Waals surface area contributed by atoms with Crippen LogP contribution in [0.15, 0.2) is 24.3 Å². The Morgan fingerprint density at radius 2 is 1.92 bits per heavy atom. The minimum absolute atomic E-state index is 0. The van der Waals surface area contributed by atoms with Crippen molar-refractivity contribution in [3.05, 3.63) is 35.4 Å². The SMILES string of the molecule is Cc1ccc(C(CNC(=O)C2CC(F)(F)CN2)N(C)C)cc1.Cl.Cl. The third-order valence-electron chi connectivity index (χ3n) is 3.98. The summed E-state index contributed by atoms with van der Waals surface area (Å²) in [6, 6.07) is 7.28. The Morgan fingerprint density at radius 1 is 1.33 bits per heavy atom. The molecule has 1 aromatic rings. The number of hydrogen-bond donors (Lipinski definition) is 2. The molecule has 2 rings (SSSR count). The van der Waals surface area contributed by atoms with Crippen molar-refractivity contribution in [2.75, 3.05) is 27.2 Å². The van der Waals surface area contributed by atoms with Gasteiger partial charge in [0.15, 0.2) is 0 Å². The van der Waals surface area contributed by atoms with Gasteiger partial charge in [0.05, 0.1) is 18.6 Å². The lowest BCUT2D eigenvalue weighted by atomic mass is 10.0. The molecule has 0 bridgehead atoms. The quantitative estimate of drug-likeness (QED) is 0.820. The average Bonchev–Trinajstić information content (AvgIpc) is 2.81. The van der Waals surface area contributed by atoms with Crippen LogP contribution in [0.25, 0.3) is 0 Å². The van der Waals surface area contributed by atoms with Gasteiger partial charge in [-0.25, -0.2) is 8.78 Å².